The fourth-order valence-corrected chi connectivity index (χ4v) is 3.15. The number of guanidine groups is 1. The summed E-state index contributed by atoms with van der Waals surface area (Å²) in [6, 6.07) is 12.5. The molecule has 1 aliphatic rings. The van der Waals surface area contributed by atoms with Crippen LogP contribution in [0.1, 0.15) is 23.6 Å². The molecule has 2 aromatic carbocycles. The van der Waals surface area contributed by atoms with Crippen molar-refractivity contribution >= 4 is 33.7 Å². The number of hydrogen-bond donors (Lipinski definition) is 2. The van der Waals surface area contributed by atoms with Gasteiger partial charge < -0.3 is 9.47 Å². The lowest BCUT2D eigenvalue weighted by atomic mass is 10.0. The molecule has 1 heterocycles. The van der Waals surface area contributed by atoms with Gasteiger partial charge in [0.2, 0.25) is 17.8 Å². The number of ether oxygens (including phenoxy) is 2. The van der Waals surface area contributed by atoms with Crippen molar-refractivity contribution in [1.29, 1.82) is 0 Å². The first kappa shape index (κ1) is 19.9. The standard InChI is InChI=1S/C20H20BrN3O4/c1-27-16-8-3-12(9-17(16)28-2)10-18(25)23-20-22-15(11-19(26)24-20)13-4-6-14(21)7-5-13/h3-9,15H,10-11H2,1-2H3,(H2,22,23,24,25,26). The first-order chi connectivity index (χ1) is 13.5. The highest BCUT2D eigenvalue weighted by Gasteiger charge is 2.23. The first-order valence-corrected chi connectivity index (χ1v) is 9.41. The van der Waals surface area contributed by atoms with Gasteiger partial charge in [-0.1, -0.05) is 34.1 Å². The van der Waals surface area contributed by atoms with Crippen molar-refractivity contribution < 1.29 is 19.1 Å². The van der Waals surface area contributed by atoms with Crippen LogP contribution in [0.3, 0.4) is 0 Å². The van der Waals surface area contributed by atoms with Crippen LogP contribution in [-0.4, -0.2) is 32.0 Å². The maximum Gasteiger partial charge on any atom is 0.231 e. The van der Waals surface area contributed by atoms with Crippen LogP contribution < -0.4 is 20.1 Å². The van der Waals surface area contributed by atoms with Gasteiger partial charge in [-0.05, 0) is 35.4 Å². The van der Waals surface area contributed by atoms with Gasteiger partial charge in [0.1, 0.15) is 0 Å². The summed E-state index contributed by atoms with van der Waals surface area (Å²) in [5.74, 6) is 0.820. The molecule has 3 rings (SSSR count). The average molecular weight is 446 g/mol. The van der Waals surface area contributed by atoms with E-state index >= 15 is 0 Å². The molecule has 0 fully saturated rings. The lowest BCUT2D eigenvalue weighted by molar-refractivity contribution is -0.120. The van der Waals surface area contributed by atoms with Crippen molar-refractivity contribution in [2.75, 3.05) is 14.2 Å². The number of rotatable bonds is 5. The van der Waals surface area contributed by atoms with E-state index in [9.17, 15) is 9.59 Å². The molecule has 0 radical (unpaired) electrons. The molecule has 0 bridgehead atoms. The number of aliphatic imine (C=N–C) groups is 1. The van der Waals surface area contributed by atoms with Gasteiger partial charge in [0, 0.05) is 4.47 Å². The Kier molecular flexibility index (Phi) is 6.30. The van der Waals surface area contributed by atoms with Crippen molar-refractivity contribution in [2.24, 2.45) is 4.99 Å². The molecule has 1 unspecified atom stereocenters. The second-order valence-electron chi connectivity index (χ2n) is 6.21. The van der Waals surface area contributed by atoms with Crippen LogP contribution in [0.25, 0.3) is 0 Å². The molecule has 2 N–H and O–H groups in total. The Morgan fingerprint density at radius 2 is 1.89 bits per heavy atom. The Morgan fingerprint density at radius 1 is 1.18 bits per heavy atom. The molecular weight excluding hydrogens is 426 g/mol. The molecule has 1 atom stereocenters. The second-order valence-corrected chi connectivity index (χ2v) is 7.13. The Hall–Kier alpha value is -2.87. The summed E-state index contributed by atoms with van der Waals surface area (Å²) < 4.78 is 11.4. The third-order valence-corrected chi connectivity index (χ3v) is 4.78. The summed E-state index contributed by atoms with van der Waals surface area (Å²) in [5.41, 5.74) is 1.66. The zero-order chi connectivity index (χ0) is 20.1. The molecule has 28 heavy (non-hydrogen) atoms. The number of benzene rings is 2. The van der Waals surface area contributed by atoms with Gasteiger partial charge in [-0.25, -0.2) is 4.99 Å². The number of halogens is 1. The van der Waals surface area contributed by atoms with Gasteiger partial charge in [-0.15, -0.1) is 0 Å². The van der Waals surface area contributed by atoms with Crippen LogP contribution in [0.5, 0.6) is 11.5 Å². The van der Waals surface area contributed by atoms with Crippen LogP contribution in [-0.2, 0) is 16.0 Å². The minimum absolute atomic E-state index is 0.109. The predicted octanol–water partition coefficient (Wildman–Crippen LogP) is 2.74. The maximum atomic E-state index is 12.4. The summed E-state index contributed by atoms with van der Waals surface area (Å²) in [6.07, 6.45) is 0.342. The molecule has 2 aromatic rings. The van der Waals surface area contributed by atoms with Crippen molar-refractivity contribution in [2.45, 2.75) is 18.9 Å². The molecule has 0 aromatic heterocycles. The summed E-state index contributed by atoms with van der Waals surface area (Å²) in [5, 5.41) is 5.28. The highest BCUT2D eigenvalue weighted by molar-refractivity contribution is 9.10. The third kappa shape index (κ3) is 4.89. The molecule has 1 aliphatic heterocycles. The fourth-order valence-electron chi connectivity index (χ4n) is 2.89. The lowest BCUT2D eigenvalue weighted by Gasteiger charge is -2.21. The molecular formula is C20H20BrN3O4. The minimum atomic E-state index is -0.335. The Morgan fingerprint density at radius 3 is 2.57 bits per heavy atom. The quantitative estimate of drug-likeness (QED) is 0.740. The Balaban J connectivity index is 1.70. The maximum absolute atomic E-state index is 12.4. The SMILES string of the molecule is COc1ccc(CC(=O)NC2=NC(c3ccc(Br)cc3)CC(=O)N2)cc1OC. The van der Waals surface area contributed by atoms with Gasteiger partial charge in [-0.2, -0.15) is 0 Å². The second kappa shape index (κ2) is 8.88. The fraction of sp³-hybridized carbons (Fsp3) is 0.250. The van der Waals surface area contributed by atoms with Gasteiger partial charge in [0.05, 0.1) is 33.1 Å². The van der Waals surface area contributed by atoms with E-state index in [1.165, 1.54) is 7.11 Å². The van der Waals surface area contributed by atoms with Gasteiger partial charge >= 0.3 is 0 Å². The number of hydrogen-bond acceptors (Lipinski definition) is 5. The summed E-state index contributed by atoms with van der Waals surface area (Å²) >= 11 is 3.39. The van der Waals surface area contributed by atoms with Gasteiger partial charge in [0.15, 0.2) is 11.5 Å². The Bertz CT molecular complexity index is 912. The molecule has 8 heteroatoms. The summed E-state index contributed by atoms with van der Waals surface area (Å²) in [7, 11) is 3.09. The minimum Gasteiger partial charge on any atom is -0.493 e. The van der Waals surface area contributed by atoms with E-state index in [0.29, 0.717) is 11.5 Å². The topological polar surface area (TPSA) is 89.0 Å². The number of carbonyl (C=O) groups excluding carboxylic acids is 2. The molecule has 0 aliphatic carbocycles. The number of amides is 2. The van der Waals surface area contributed by atoms with Crippen LogP contribution >= 0.6 is 15.9 Å². The van der Waals surface area contributed by atoms with E-state index in [2.05, 4.69) is 31.6 Å². The van der Waals surface area contributed by atoms with E-state index in [-0.39, 0.29) is 36.7 Å². The van der Waals surface area contributed by atoms with Crippen molar-refractivity contribution in [3.8, 4) is 11.5 Å². The number of nitrogens with one attached hydrogen (secondary N) is 2. The van der Waals surface area contributed by atoms with Crippen LogP contribution in [0.15, 0.2) is 51.9 Å². The molecule has 0 saturated heterocycles. The third-order valence-electron chi connectivity index (χ3n) is 4.25. The van der Waals surface area contributed by atoms with Crippen LogP contribution in [0.4, 0.5) is 0 Å². The summed E-state index contributed by atoms with van der Waals surface area (Å²) in [6.45, 7) is 0. The van der Waals surface area contributed by atoms with E-state index < -0.39 is 0 Å². The van der Waals surface area contributed by atoms with E-state index in [1.807, 2.05) is 24.3 Å². The van der Waals surface area contributed by atoms with Gasteiger partial charge in [-0.3, -0.25) is 20.2 Å². The molecule has 7 nitrogen and oxygen atoms in total. The highest BCUT2D eigenvalue weighted by Crippen LogP contribution is 2.28. The smallest absolute Gasteiger partial charge is 0.231 e. The van der Waals surface area contributed by atoms with E-state index in [4.69, 9.17) is 9.47 Å². The van der Waals surface area contributed by atoms with Gasteiger partial charge in [0.25, 0.3) is 0 Å². The number of methoxy groups -OCH3 is 2. The monoisotopic (exact) mass is 445 g/mol. The average Bonchev–Trinajstić information content (AvgIpc) is 2.67. The summed E-state index contributed by atoms with van der Waals surface area (Å²) in [4.78, 5) is 28.9. The molecule has 2 amide bonds. The highest BCUT2D eigenvalue weighted by atomic mass is 79.9. The Labute approximate surface area is 171 Å². The largest absolute Gasteiger partial charge is 0.493 e. The molecule has 146 valence electrons. The number of carbonyl (C=O) groups is 2. The number of nitrogens with zero attached hydrogens (tertiary/aromatic N) is 1. The predicted molar refractivity (Wildman–Crippen MR) is 108 cm³/mol. The van der Waals surface area contributed by atoms with Crippen LogP contribution in [0.2, 0.25) is 0 Å². The first-order valence-electron chi connectivity index (χ1n) is 8.62. The molecule has 0 saturated carbocycles. The van der Waals surface area contributed by atoms with E-state index in [0.717, 1.165) is 15.6 Å². The zero-order valence-corrected chi connectivity index (χ0v) is 17.1. The van der Waals surface area contributed by atoms with Crippen molar-refractivity contribution in [3.63, 3.8) is 0 Å². The van der Waals surface area contributed by atoms with Crippen molar-refractivity contribution in [3.05, 3.63) is 58.1 Å². The normalized spacial score (nSPS) is 16.0. The van der Waals surface area contributed by atoms with E-state index in [1.54, 1.807) is 25.3 Å². The van der Waals surface area contributed by atoms with Crippen LogP contribution in [0, 0.1) is 0 Å². The zero-order valence-electron chi connectivity index (χ0n) is 15.5. The lowest BCUT2D eigenvalue weighted by Crippen LogP contribution is -2.47. The molecule has 0 spiro atoms. The van der Waals surface area contributed by atoms with Crippen molar-refractivity contribution in [1.82, 2.24) is 10.6 Å².